The fraction of sp³-hybridized carbons (Fsp3) is 0.500. The van der Waals surface area contributed by atoms with E-state index in [0.717, 1.165) is 30.8 Å². The summed E-state index contributed by atoms with van der Waals surface area (Å²) >= 11 is 0. The minimum Gasteiger partial charge on any atom is -0.478 e. The van der Waals surface area contributed by atoms with Crippen molar-refractivity contribution < 1.29 is 15.0 Å². The van der Waals surface area contributed by atoms with Gasteiger partial charge in [-0.25, -0.2) is 4.79 Å². The zero-order chi connectivity index (χ0) is 13.3. The maximum absolute atomic E-state index is 11.2. The van der Waals surface area contributed by atoms with Gasteiger partial charge in [0.2, 0.25) is 0 Å². The van der Waals surface area contributed by atoms with Crippen molar-refractivity contribution in [2.75, 3.05) is 18.0 Å². The Morgan fingerprint density at radius 3 is 2.78 bits per heavy atom. The molecule has 1 aromatic rings. The summed E-state index contributed by atoms with van der Waals surface area (Å²) in [6.45, 7) is 5.28. The third-order valence-electron chi connectivity index (χ3n) is 3.63. The number of carboxylic acids is 1. The Hall–Kier alpha value is -1.55. The average molecular weight is 249 g/mol. The molecule has 1 heterocycles. The minimum atomic E-state index is -0.898. The molecule has 1 fully saturated rings. The molecule has 0 aromatic heterocycles. The molecule has 0 radical (unpaired) electrons. The topological polar surface area (TPSA) is 60.8 Å². The van der Waals surface area contributed by atoms with Crippen molar-refractivity contribution in [2.45, 2.75) is 26.4 Å². The van der Waals surface area contributed by atoms with Crippen molar-refractivity contribution in [1.82, 2.24) is 0 Å². The molecule has 18 heavy (non-hydrogen) atoms. The second-order valence-electron chi connectivity index (χ2n) is 5.06. The van der Waals surface area contributed by atoms with E-state index in [1.807, 2.05) is 19.1 Å². The number of benzene rings is 1. The summed E-state index contributed by atoms with van der Waals surface area (Å²) in [6, 6.07) is 5.38. The molecule has 2 unspecified atom stereocenters. The predicted octanol–water partition coefficient (Wildman–Crippen LogP) is 1.90. The largest absolute Gasteiger partial charge is 0.478 e. The number of hydrogen-bond donors (Lipinski definition) is 2. The Morgan fingerprint density at radius 2 is 2.22 bits per heavy atom. The highest BCUT2D eigenvalue weighted by atomic mass is 16.4. The Labute approximate surface area is 107 Å². The second-order valence-corrected chi connectivity index (χ2v) is 5.06. The van der Waals surface area contributed by atoms with Crippen molar-refractivity contribution in [3.8, 4) is 0 Å². The van der Waals surface area contributed by atoms with E-state index in [2.05, 4.69) is 4.90 Å². The Bertz CT molecular complexity index is 456. The summed E-state index contributed by atoms with van der Waals surface area (Å²) in [5, 5.41) is 18.8. The van der Waals surface area contributed by atoms with Gasteiger partial charge in [-0.3, -0.25) is 0 Å². The molecule has 1 aliphatic heterocycles. The monoisotopic (exact) mass is 249 g/mol. The van der Waals surface area contributed by atoms with Crippen molar-refractivity contribution >= 4 is 11.7 Å². The molecular weight excluding hydrogens is 230 g/mol. The number of carbonyl (C=O) groups is 1. The van der Waals surface area contributed by atoms with Crippen LogP contribution < -0.4 is 4.90 Å². The molecule has 4 nitrogen and oxygen atoms in total. The minimum absolute atomic E-state index is 0.229. The predicted molar refractivity (Wildman–Crippen MR) is 70.1 cm³/mol. The number of anilines is 1. The summed E-state index contributed by atoms with van der Waals surface area (Å²) in [6.07, 6.45) is 0.568. The van der Waals surface area contributed by atoms with Gasteiger partial charge in [-0.05, 0) is 38.0 Å². The Morgan fingerprint density at radius 1 is 1.50 bits per heavy atom. The van der Waals surface area contributed by atoms with Gasteiger partial charge in [0.05, 0.1) is 17.4 Å². The molecule has 2 rings (SSSR count). The molecule has 2 N–H and O–H groups in total. The van der Waals surface area contributed by atoms with Crippen LogP contribution in [0.4, 0.5) is 5.69 Å². The van der Waals surface area contributed by atoms with Crippen LogP contribution in [0.5, 0.6) is 0 Å². The van der Waals surface area contributed by atoms with E-state index in [-0.39, 0.29) is 12.0 Å². The Balaban J connectivity index is 2.28. The van der Waals surface area contributed by atoms with E-state index >= 15 is 0 Å². The van der Waals surface area contributed by atoms with E-state index in [0.29, 0.717) is 5.56 Å². The molecule has 0 bridgehead atoms. The van der Waals surface area contributed by atoms with Gasteiger partial charge in [-0.2, -0.15) is 0 Å². The lowest BCUT2D eigenvalue weighted by atomic mass is 10.0. The zero-order valence-corrected chi connectivity index (χ0v) is 10.8. The Kier molecular flexibility index (Phi) is 3.57. The van der Waals surface area contributed by atoms with Crippen LogP contribution in [0.15, 0.2) is 18.2 Å². The molecule has 0 amide bonds. The first kappa shape index (κ1) is 12.9. The fourth-order valence-electron chi connectivity index (χ4n) is 2.48. The number of aryl methyl sites for hydroxylation is 1. The number of rotatable bonds is 3. The van der Waals surface area contributed by atoms with E-state index in [9.17, 15) is 15.0 Å². The standard InChI is InChI=1S/C14H19NO3/c1-9-3-4-12(14(17)18)13(7-9)15-6-5-11(8-15)10(2)16/h3-4,7,10-11,16H,5-6,8H2,1-2H3,(H,17,18). The second kappa shape index (κ2) is 4.98. The molecule has 2 atom stereocenters. The smallest absolute Gasteiger partial charge is 0.337 e. The molecule has 4 heteroatoms. The van der Waals surface area contributed by atoms with Crippen LogP contribution in [0.2, 0.25) is 0 Å². The third-order valence-corrected chi connectivity index (χ3v) is 3.63. The highest BCUT2D eigenvalue weighted by Crippen LogP contribution is 2.29. The first-order valence-electron chi connectivity index (χ1n) is 6.26. The van der Waals surface area contributed by atoms with Gasteiger partial charge in [0, 0.05) is 19.0 Å². The van der Waals surface area contributed by atoms with Gasteiger partial charge < -0.3 is 15.1 Å². The summed E-state index contributed by atoms with van der Waals surface area (Å²) in [4.78, 5) is 13.3. The lowest BCUT2D eigenvalue weighted by Gasteiger charge is -2.22. The van der Waals surface area contributed by atoms with Gasteiger partial charge in [0.1, 0.15) is 0 Å². The molecule has 0 aliphatic carbocycles. The van der Waals surface area contributed by atoms with Crippen molar-refractivity contribution in [2.24, 2.45) is 5.92 Å². The first-order chi connectivity index (χ1) is 8.49. The molecule has 0 saturated carbocycles. The number of nitrogens with zero attached hydrogens (tertiary/aromatic N) is 1. The average Bonchev–Trinajstić information content (AvgIpc) is 2.77. The van der Waals surface area contributed by atoms with E-state index in [1.165, 1.54) is 0 Å². The molecule has 1 saturated heterocycles. The highest BCUT2D eigenvalue weighted by Gasteiger charge is 2.28. The summed E-state index contributed by atoms with van der Waals surface area (Å²) in [7, 11) is 0. The lowest BCUT2D eigenvalue weighted by molar-refractivity contribution is 0.0697. The van der Waals surface area contributed by atoms with Crippen LogP contribution in [-0.4, -0.2) is 35.4 Å². The number of aliphatic hydroxyl groups excluding tert-OH is 1. The lowest BCUT2D eigenvalue weighted by Crippen LogP contribution is -2.25. The van der Waals surface area contributed by atoms with Gasteiger partial charge >= 0.3 is 5.97 Å². The van der Waals surface area contributed by atoms with E-state index < -0.39 is 5.97 Å². The van der Waals surface area contributed by atoms with Crippen LogP contribution in [-0.2, 0) is 0 Å². The SMILES string of the molecule is Cc1ccc(C(=O)O)c(N2CCC(C(C)O)C2)c1. The fourth-order valence-corrected chi connectivity index (χ4v) is 2.48. The summed E-state index contributed by atoms with van der Waals surface area (Å²) in [5.41, 5.74) is 2.16. The number of carboxylic acid groups (broad SMARTS) is 1. The zero-order valence-electron chi connectivity index (χ0n) is 10.8. The molecular formula is C14H19NO3. The van der Waals surface area contributed by atoms with Crippen LogP contribution in [0.3, 0.4) is 0 Å². The van der Waals surface area contributed by atoms with Crippen LogP contribution in [0.1, 0.15) is 29.3 Å². The van der Waals surface area contributed by atoms with Crippen LogP contribution in [0.25, 0.3) is 0 Å². The van der Waals surface area contributed by atoms with E-state index in [1.54, 1.807) is 13.0 Å². The van der Waals surface area contributed by atoms with Crippen molar-refractivity contribution in [3.05, 3.63) is 29.3 Å². The quantitative estimate of drug-likeness (QED) is 0.859. The highest BCUT2D eigenvalue weighted by molar-refractivity contribution is 5.94. The molecule has 1 aliphatic rings. The van der Waals surface area contributed by atoms with Crippen LogP contribution in [0, 0.1) is 12.8 Å². The number of aromatic carboxylic acids is 1. The van der Waals surface area contributed by atoms with Gasteiger partial charge in [-0.15, -0.1) is 0 Å². The maximum atomic E-state index is 11.2. The normalized spacial score (nSPS) is 21.1. The van der Waals surface area contributed by atoms with Gasteiger partial charge in [0.15, 0.2) is 0 Å². The summed E-state index contributed by atoms with van der Waals surface area (Å²) in [5.74, 6) is -0.669. The third kappa shape index (κ3) is 2.48. The van der Waals surface area contributed by atoms with Gasteiger partial charge in [0.25, 0.3) is 0 Å². The molecule has 0 spiro atoms. The van der Waals surface area contributed by atoms with Crippen molar-refractivity contribution in [3.63, 3.8) is 0 Å². The van der Waals surface area contributed by atoms with Crippen LogP contribution >= 0.6 is 0 Å². The number of aliphatic hydroxyl groups is 1. The molecule has 1 aromatic carbocycles. The van der Waals surface area contributed by atoms with E-state index in [4.69, 9.17) is 0 Å². The number of hydrogen-bond acceptors (Lipinski definition) is 3. The first-order valence-corrected chi connectivity index (χ1v) is 6.26. The summed E-state index contributed by atoms with van der Waals surface area (Å²) < 4.78 is 0. The van der Waals surface area contributed by atoms with Crippen molar-refractivity contribution in [1.29, 1.82) is 0 Å². The van der Waals surface area contributed by atoms with Gasteiger partial charge in [-0.1, -0.05) is 6.07 Å². The maximum Gasteiger partial charge on any atom is 0.337 e. The molecule has 98 valence electrons.